The first-order chi connectivity index (χ1) is 6.77. The fraction of sp³-hybridized carbons (Fsp3) is 0.385. The molecular formula is C13H17N. The van der Waals surface area contributed by atoms with Crippen molar-refractivity contribution in [1.82, 2.24) is 5.32 Å². The van der Waals surface area contributed by atoms with Gasteiger partial charge in [0.25, 0.3) is 0 Å². The molecule has 1 heteroatoms. The summed E-state index contributed by atoms with van der Waals surface area (Å²) in [4.78, 5) is 0. The summed E-state index contributed by atoms with van der Waals surface area (Å²) in [6.45, 7) is 6.47. The van der Waals surface area contributed by atoms with Crippen molar-refractivity contribution in [3.63, 3.8) is 0 Å². The number of hydrogen-bond acceptors (Lipinski definition) is 1. The Kier molecular flexibility index (Phi) is 2.69. The van der Waals surface area contributed by atoms with E-state index in [1.165, 1.54) is 22.3 Å². The second-order valence-electron chi connectivity index (χ2n) is 4.01. The summed E-state index contributed by atoms with van der Waals surface area (Å²) < 4.78 is 0. The number of aryl methyl sites for hydroxylation is 2. The maximum Gasteiger partial charge on any atom is 0.0208 e. The van der Waals surface area contributed by atoms with Crippen molar-refractivity contribution >= 4 is 5.57 Å². The molecule has 0 saturated heterocycles. The van der Waals surface area contributed by atoms with Gasteiger partial charge in [-0.25, -0.2) is 0 Å². The summed E-state index contributed by atoms with van der Waals surface area (Å²) in [7, 11) is 0. The van der Waals surface area contributed by atoms with E-state index in [9.17, 15) is 0 Å². The van der Waals surface area contributed by atoms with Gasteiger partial charge in [-0.05, 0) is 43.5 Å². The first kappa shape index (κ1) is 9.47. The van der Waals surface area contributed by atoms with Crippen LogP contribution < -0.4 is 5.32 Å². The highest BCUT2D eigenvalue weighted by Gasteiger charge is 2.07. The lowest BCUT2D eigenvalue weighted by atomic mass is 9.96. The van der Waals surface area contributed by atoms with Gasteiger partial charge in [0.15, 0.2) is 0 Å². The van der Waals surface area contributed by atoms with Gasteiger partial charge in [-0.1, -0.05) is 29.8 Å². The van der Waals surface area contributed by atoms with Crippen LogP contribution in [0.5, 0.6) is 0 Å². The van der Waals surface area contributed by atoms with Gasteiger partial charge in [-0.3, -0.25) is 0 Å². The van der Waals surface area contributed by atoms with Crippen LogP contribution in [0.15, 0.2) is 24.3 Å². The van der Waals surface area contributed by atoms with Crippen LogP contribution in [0.3, 0.4) is 0 Å². The minimum absolute atomic E-state index is 1.02. The molecule has 0 saturated carbocycles. The van der Waals surface area contributed by atoms with Gasteiger partial charge in [-0.2, -0.15) is 0 Å². The molecule has 1 aromatic carbocycles. The van der Waals surface area contributed by atoms with Crippen molar-refractivity contribution in [2.24, 2.45) is 0 Å². The van der Waals surface area contributed by atoms with Crippen molar-refractivity contribution in [1.29, 1.82) is 0 Å². The molecule has 14 heavy (non-hydrogen) atoms. The molecule has 1 N–H and O–H groups in total. The van der Waals surface area contributed by atoms with E-state index >= 15 is 0 Å². The lowest BCUT2D eigenvalue weighted by Crippen LogP contribution is -2.21. The quantitative estimate of drug-likeness (QED) is 0.712. The summed E-state index contributed by atoms with van der Waals surface area (Å²) in [6.07, 6.45) is 3.51. The topological polar surface area (TPSA) is 12.0 Å². The predicted molar refractivity (Wildman–Crippen MR) is 61.4 cm³/mol. The Morgan fingerprint density at radius 2 is 2.07 bits per heavy atom. The Labute approximate surface area is 85.8 Å². The molecule has 2 rings (SSSR count). The van der Waals surface area contributed by atoms with Crippen LogP contribution in [0.1, 0.15) is 23.1 Å². The average molecular weight is 187 g/mol. The second kappa shape index (κ2) is 3.97. The molecule has 1 aromatic rings. The van der Waals surface area contributed by atoms with E-state index in [1.807, 2.05) is 0 Å². The van der Waals surface area contributed by atoms with E-state index in [4.69, 9.17) is 0 Å². The standard InChI is InChI=1S/C13H17N/c1-10-5-6-13(11(2)8-10)12-4-3-7-14-9-12/h4-6,8,14H,3,7,9H2,1-2H3. The molecule has 74 valence electrons. The maximum atomic E-state index is 3.41. The van der Waals surface area contributed by atoms with E-state index < -0.39 is 0 Å². The number of rotatable bonds is 1. The van der Waals surface area contributed by atoms with Crippen molar-refractivity contribution in [2.75, 3.05) is 13.1 Å². The molecule has 1 aliphatic heterocycles. The fourth-order valence-corrected chi connectivity index (χ4v) is 2.02. The van der Waals surface area contributed by atoms with Crippen LogP contribution in [0.2, 0.25) is 0 Å². The molecule has 1 aliphatic rings. The van der Waals surface area contributed by atoms with Crippen LogP contribution in [-0.4, -0.2) is 13.1 Å². The van der Waals surface area contributed by atoms with Crippen LogP contribution in [-0.2, 0) is 0 Å². The van der Waals surface area contributed by atoms with Crippen LogP contribution in [0, 0.1) is 13.8 Å². The lowest BCUT2D eigenvalue weighted by molar-refractivity contribution is 0.739. The summed E-state index contributed by atoms with van der Waals surface area (Å²) in [5.74, 6) is 0. The third-order valence-corrected chi connectivity index (χ3v) is 2.76. The van der Waals surface area contributed by atoms with E-state index in [2.05, 4.69) is 43.4 Å². The molecular weight excluding hydrogens is 170 g/mol. The Morgan fingerprint density at radius 1 is 1.21 bits per heavy atom. The maximum absolute atomic E-state index is 3.41. The van der Waals surface area contributed by atoms with Crippen molar-refractivity contribution in [3.05, 3.63) is 41.0 Å². The van der Waals surface area contributed by atoms with E-state index in [0.717, 1.165) is 19.5 Å². The van der Waals surface area contributed by atoms with Gasteiger partial charge in [0.2, 0.25) is 0 Å². The summed E-state index contributed by atoms with van der Waals surface area (Å²) in [5, 5.41) is 3.41. The molecule has 0 radical (unpaired) electrons. The van der Waals surface area contributed by atoms with Crippen molar-refractivity contribution in [2.45, 2.75) is 20.3 Å². The van der Waals surface area contributed by atoms with Crippen LogP contribution in [0.25, 0.3) is 5.57 Å². The predicted octanol–water partition coefficient (Wildman–Crippen LogP) is 2.68. The second-order valence-corrected chi connectivity index (χ2v) is 4.01. The molecule has 0 aliphatic carbocycles. The van der Waals surface area contributed by atoms with Gasteiger partial charge < -0.3 is 5.32 Å². The Balaban J connectivity index is 2.35. The van der Waals surface area contributed by atoms with Gasteiger partial charge >= 0.3 is 0 Å². The molecule has 0 atom stereocenters. The largest absolute Gasteiger partial charge is 0.312 e. The van der Waals surface area contributed by atoms with Gasteiger partial charge in [-0.15, -0.1) is 0 Å². The molecule has 0 fully saturated rings. The molecule has 1 nitrogen and oxygen atoms in total. The third-order valence-electron chi connectivity index (χ3n) is 2.76. The van der Waals surface area contributed by atoms with Crippen LogP contribution >= 0.6 is 0 Å². The molecule has 1 heterocycles. The molecule has 0 spiro atoms. The van der Waals surface area contributed by atoms with Gasteiger partial charge in [0.05, 0.1) is 0 Å². The number of hydrogen-bond donors (Lipinski definition) is 1. The number of nitrogens with one attached hydrogen (secondary N) is 1. The Bertz CT molecular complexity index is 363. The van der Waals surface area contributed by atoms with Gasteiger partial charge in [0, 0.05) is 6.54 Å². The first-order valence-corrected chi connectivity index (χ1v) is 5.25. The monoisotopic (exact) mass is 187 g/mol. The zero-order chi connectivity index (χ0) is 9.97. The Hall–Kier alpha value is -1.08. The van der Waals surface area contributed by atoms with Crippen LogP contribution in [0.4, 0.5) is 0 Å². The van der Waals surface area contributed by atoms with Gasteiger partial charge in [0.1, 0.15) is 0 Å². The van der Waals surface area contributed by atoms with Crippen molar-refractivity contribution < 1.29 is 0 Å². The normalized spacial score (nSPS) is 16.6. The number of benzene rings is 1. The molecule has 0 unspecified atom stereocenters. The third kappa shape index (κ3) is 1.88. The zero-order valence-electron chi connectivity index (χ0n) is 8.93. The highest BCUT2D eigenvalue weighted by Crippen LogP contribution is 2.21. The molecule has 0 bridgehead atoms. The summed E-state index contributed by atoms with van der Waals surface area (Å²) in [6, 6.07) is 6.69. The van der Waals surface area contributed by atoms with E-state index in [-0.39, 0.29) is 0 Å². The highest BCUT2D eigenvalue weighted by atomic mass is 14.9. The summed E-state index contributed by atoms with van der Waals surface area (Å²) >= 11 is 0. The molecule has 0 amide bonds. The minimum Gasteiger partial charge on any atom is -0.312 e. The first-order valence-electron chi connectivity index (χ1n) is 5.25. The van der Waals surface area contributed by atoms with Crippen molar-refractivity contribution in [3.8, 4) is 0 Å². The zero-order valence-corrected chi connectivity index (χ0v) is 8.93. The van der Waals surface area contributed by atoms with E-state index in [0.29, 0.717) is 0 Å². The fourth-order valence-electron chi connectivity index (χ4n) is 2.02. The van der Waals surface area contributed by atoms with E-state index in [1.54, 1.807) is 0 Å². The Morgan fingerprint density at radius 3 is 2.71 bits per heavy atom. The highest BCUT2D eigenvalue weighted by molar-refractivity contribution is 5.70. The lowest BCUT2D eigenvalue weighted by Gasteiger charge is -2.16. The smallest absolute Gasteiger partial charge is 0.0208 e. The minimum atomic E-state index is 1.02. The molecule has 0 aromatic heterocycles. The average Bonchev–Trinajstić information content (AvgIpc) is 2.19. The SMILES string of the molecule is Cc1ccc(C2=CCCNC2)c(C)c1. The summed E-state index contributed by atoms with van der Waals surface area (Å²) in [5.41, 5.74) is 5.59.